The molecule has 0 radical (unpaired) electrons. The molecule has 3 aliphatic rings. The molecule has 6 rings (SSSR count). The number of hydrogen-bond donors (Lipinski definition) is 0. The lowest BCUT2D eigenvalue weighted by Gasteiger charge is -2.52. The Balaban J connectivity index is 1.07. The van der Waals surface area contributed by atoms with Crippen LogP contribution in [0.5, 0.6) is 5.75 Å². The Morgan fingerprint density at radius 3 is 2.13 bits per heavy atom. The number of carbonyl (C=O) groups is 1. The fourth-order valence-electron chi connectivity index (χ4n) is 8.46. The van der Waals surface area contributed by atoms with Crippen molar-refractivity contribution < 1.29 is 22.7 Å². The van der Waals surface area contributed by atoms with E-state index in [0.29, 0.717) is 29.0 Å². The molecule has 252 valence electrons. The van der Waals surface area contributed by atoms with Crippen molar-refractivity contribution in [2.75, 3.05) is 51.8 Å². The van der Waals surface area contributed by atoms with Gasteiger partial charge >= 0.3 is 0 Å². The smallest absolute Gasteiger partial charge is 0.265 e. The van der Waals surface area contributed by atoms with Gasteiger partial charge in [0.1, 0.15) is 12.4 Å². The van der Waals surface area contributed by atoms with Gasteiger partial charge in [0.25, 0.3) is 10.0 Å². The van der Waals surface area contributed by atoms with Crippen LogP contribution >= 0.6 is 0 Å². The Labute approximate surface area is 280 Å². The number of hydrogen-bond acceptors (Lipinski definition) is 6. The van der Waals surface area contributed by atoms with Crippen LogP contribution in [-0.4, -0.2) is 77.7 Å². The Morgan fingerprint density at radius 2 is 1.51 bits per heavy atom. The molecule has 2 aliphatic heterocycles. The maximum atomic E-state index is 14.3. The van der Waals surface area contributed by atoms with E-state index in [-0.39, 0.29) is 35.0 Å². The molecular formula is C38H49N3O5S. The topological polar surface area (TPSA) is 79.4 Å². The maximum Gasteiger partial charge on any atom is 0.265 e. The van der Waals surface area contributed by atoms with E-state index in [4.69, 9.17) is 9.47 Å². The second kappa shape index (κ2) is 13.2. The zero-order valence-electron chi connectivity index (χ0n) is 28.5. The monoisotopic (exact) mass is 659 g/mol. The summed E-state index contributed by atoms with van der Waals surface area (Å²) < 4.78 is 41.4. The van der Waals surface area contributed by atoms with Crippen molar-refractivity contribution >= 4 is 21.6 Å². The van der Waals surface area contributed by atoms with Crippen LogP contribution in [0, 0.1) is 19.3 Å². The number of ether oxygens (including phenoxy) is 2. The average molecular weight is 660 g/mol. The minimum atomic E-state index is -3.91. The van der Waals surface area contributed by atoms with Gasteiger partial charge in [-0.25, -0.2) is 8.42 Å². The largest absolute Gasteiger partial charge is 0.497 e. The van der Waals surface area contributed by atoms with E-state index >= 15 is 0 Å². The number of carbonyl (C=O) groups excluding carboxylic acids is 1. The molecule has 1 spiro atoms. The number of sulfonamides is 1. The second-order valence-corrected chi connectivity index (χ2v) is 15.8. The molecule has 3 aromatic carbocycles. The number of amides is 1. The van der Waals surface area contributed by atoms with Crippen molar-refractivity contribution in [2.24, 2.45) is 5.41 Å². The normalized spacial score (nSPS) is 20.4. The lowest BCUT2D eigenvalue weighted by molar-refractivity contribution is -0.139. The number of piperidine rings is 1. The summed E-state index contributed by atoms with van der Waals surface area (Å²) in [6, 6.07) is 21.6. The predicted molar refractivity (Wildman–Crippen MR) is 185 cm³/mol. The molecule has 3 aromatic rings. The minimum Gasteiger partial charge on any atom is -0.497 e. The van der Waals surface area contributed by atoms with Gasteiger partial charge in [0.05, 0.1) is 30.3 Å². The molecule has 1 saturated carbocycles. The number of methoxy groups -OCH3 is 1. The van der Waals surface area contributed by atoms with E-state index in [0.717, 1.165) is 57.2 Å². The number of nitrogens with zero attached hydrogens (tertiary/aromatic N) is 3. The zero-order valence-corrected chi connectivity index (χ0v) is 29.3. The maximum absolute atomic E-state index is 14.3. The van der Waals surface area contributed by atoms with Crippen molar-refractivity contribution in [3.05, 3.63) is 89.0 Å². The Bertz CT molecular complexity index is 1670. The second-order valence-electron chi connectivity index (χ2n) is 14.1. The van der Waals surface area contributed by atoms with Crippen LogP contribution in [-0.2, 0) is 31.5 Å². The molecule has 1 saturated heterocycles. The van der Waals surface area contributed by atoms with Crippen LogP contribution in [0.3, 0.4) is 0 Å². The molecule has 47 heavy (non-hydrogen) atoms. The standard InChI is InChI=1S/C38H49N3O5S/c1-28-23-33(45-5)24-29(2)36(28)47(43,44)41-32(25-30-11-9-10-14-34(30)41)26-46-27-35(42)40-21-19-37(20-22-40)15-17-38(18-16-37,39(3)4)31-12-7-6-8-13-31/h6-14,23-24,32H,15-22,25-27H2,1-5H3. The fourth-order valence-corrected chi connectivity index (χ4v) is 10.6. The third kappa shape index (κ3) is 6.30. The Morgan fingerprint density at radius 1 is 0.894 bits per heavy atom. The molecule has 8 nitrogen and oxygen atoms in total. The van der Waals surface area contributed by atoms with E-state index in [1.54, 1.807) is 33.1 Å². The highest BCUT2D eigenvalue weighted by Crippen LogP contribution is 2.52. The number of anilines is 1. The highest BCUT2D eigenvalue weighted by Gasteiger charge is 2.46. The molecule has 1 unspecified atom stereocenters. The van der Waals surface area contributed by atoms with E-state index < -0.39 is 16.1 Å². The molecular weight excluding hydrogens is 611 g/mol. The number of aryl methyl sites for hydroxylation is 2. The molecule has 1 amide bonds. The molecule has 2 fully saturated rings. The molecule has 9 heteroatoms. The van der Waals surface area contributed by atoms with Crippen LogP contribution in [0.1, 0.15) is 60.8 Å². The van der Waals surface area contributed by atoms with Gasteiger partial charge in [-0.05, 0) is 119 Å². The summed E-state index contributed by atoms with van der Waals surface area (Å²) >= 11 is 0. The van der Waals surface area contributed by atoms with Crippen molar-refractivity contribution in [3.63, 3.8) is 0 Å². The van der Waals surface area contributed by atoms with Crippen molar-refractivity contribution in [1.82, 2.24) is 9.80 Å². The summed E-state index contributed by atoms with van der Waals surface area (Å²) in [7, 11) is 2.07. The van der Waals surface area contributed by atoms with Gasteiger partial charge in [0, 0.05) is 18.6 Å². The lowest BCUT2D eigenvalue weighted by Crippen LogP contribution is -2.50. The van der Waals surface area contributed by atoms with Gasteiger partial charge in [-0.2, -0.15) is 0 Å². The van der Waals surface area contributed by atoms with Gasteiger partial charge in [-0.3, -0.25) is 14.0 Å². The van der Waals surface area contributed by atoms with E-state index in [9.17, 15) is 13.2 Å². The summed E-state index contributed by atoms with van der Waals surface area (Å²) in [5, 5.41) is 0. The summed E-state index contributed by atoms with van der Waals surface area (Å²) in [6.07, 6.45) is 7.14. The number of benzene rings is 3. The van der Waals surface area contributed by atoms with Crippen molar-refractivity contribution in [2.45, 2.75) is 75.3 Å². The van der Waals surface area contributed by atoms with Crippen molar-refractivity contribution in [1.29, 1.82) is 0 Å². The number of rotatable bonds is 9. The quantitative estimate of drug-likeness (QED) is 0.277. The predicted octanol–water partition coefficient (Wildman–Crippen LogP) is 6.09. The average Bonchev–Trinajstić information content (AvgIpc) is 3.44. The lowest BCUT2D eigenvalue weighted by atomic mass is 9.61. The molecule has 0 bridgehead atoms. The Kier molecular flexibility index (Phi) is 9.44. The molecule has 1 atom stereocenters. The fraction of sp³-hybridized carbons (Fsp3) is 0.500. The van der Waals surface area contributed by atoms with Crippen molar-refractivity contribution in [3.8, 4) is 5.75 Å². The summed E-state index contributed by atoms with van der Waals surface area (Å²) in [6.45, 7) is 5.17. The first-order chi connectivity index (χ1) is 22.5. The third-order valence-corrected chi connectivity index (χ3v) is 13.4. The van der Waals surface area contributed by atoms with Crippen LogP contribution in [0.2, 0.25) is 0 Å². The molecule has 0 aromatic heterocycles. The van der Waals surface area contributed by atoms with E-state index in [1.165, 1.54) is 9.87 Å². The molecule has 0 N–H and O–H groups in total. The SMILES string of the molecule is COc1cc(C)c(S(=O)(=O)N2c3ccccc3CC2COCC(=O)N2CCC3(CC2)CCC(c2ccccc2)(N(C)C)CC3)c(C)c1. The number of likely N-dealkylation sites (tertiary alicyclic amines) is 1. The third-order valence-electron chi connectivity index (χ3n) is 11.2. The summed E-state index contributed by atoms with van der Waals surface area (Å²) in [5.41, 5.74) is 4.65. The van der Waals surface area contributed by atoms with Gasteiger partial charge in [-0.15, -0.1) is 0 Å². The number of fused-ring (bicyclic) bond motifs is 1. The van der Waals surface area contributed by atoms with Gasteiger partial charge in [0.2, 0.25) is 5.91 Å². The molecule has 1 aliphatic carbocycles. The summed E-state index contributed by atoms with van der Waals surface area (Å²) in [4.78, 5) is 18.0. The zero-order chi connectivity index (χ0) is 33.4. The Hall–Kier alpha value is -3.40. The van der Waals surface area contributed by atoms with Crippen LogP contribution in [0.15, 0.2) is 71.6 Å². The first-order valence-corrected chi connectivity index (χ1v) is 18.3. The first kappa shape index (κ1) is 33.5. The van der Waals surface area contributed by atoms with E-state index in [2.05, 4.69) is 49.3 Å². The van der Waals surface area contributed by atoms with Crippen LogP contribution < -0.4 is 9.04 Å². The van der Waals surface area contributed by atoms with Gasteiger partial charge in [-0.1, -0.05) is 48.5 Å². The highest BCUT2D eigenvalue weighted by molar-refractivity contribution is 7.93. The summed E-state index contributed by atoms with van der Waals surface area (Å²) in [5.74, 6) is 0.606. The van der Waals surface area contributed by atoms with E-state index in [1.807, 2.05) is 29.2 Å². The van der Waals surface area contributed by atoms with Crippen LogP contribution in [0.25, 0.3) is 0 Å². The van der Waals surface area contributed by atoms with Gasteiger partial charge < -0.3 is 14.4 Å². The number of para-hydroxylation sites is 1. The first-order valence-electron chi connectivity index (χ1n) is 16.9. The highest BCUT2D eigenvalue weighted by atomic mass is 32.2. The van der Waals surface area contributed by atoms with Crippen LogP contribution in [0.4, 0.5) is 5.69 Å². The molecule has 2 heterocycles. The minimum absolute atomic E-state index is 0.0191. The van der Waals surface area contributed by atoms with Gasteiger partial charge in [0.15, 0.2) is 0 Å².